The second kappa shape index (κ2) is 14.4. The van der Waals surface area contributed by atoms with Crippen LogP contribution in [0.4, 0.5) is 0 Å². The van der Waals surface area contributed by atoms with E-state index in [9.17, 15) is 14.7 Å². The first kappa shape index (κ1) is 29.9. The first-order valence-electron chi connectivity index (χ1n) is 13.7. The van der Waals surface area contributed by atoms with Crippen molar-refractivity contribution in [1.29, 1.82) is 0 Å². The second-order valence-corrected chi connectivity index (χ2v) is 11.1. The fourth-order valence-electron chi connectivity index (χ4n) is 5.66. The summed E-state index contributed by atoms with van der Waals surface area (Å²) >= 11 is 0. The second-order valence-electron chi connectivity index (χ2n) is 11.1. The minimum absolute atomic E-state index is 0.207. The van der Waals surface area contributed by atoms with Crippen molar-refractivity contribution in [2.24, 2.45) is 5.92 Å². The number of aliphatic carboxylic acids is 2. The van der Waals surface area contributed by atoms with Gasteiger partial charge in [-0.1, -0.05) is 63.7 Å². The van der Waals surface area contributed by atoms with Crippen LogP contribution in [0.3, 0.4) is 0 Å². The lowest BCUT2D eigenvalue weighted by atomic mass is 9.59. The standard InChI is InChI=1S/C19H27NO.C11H20O4/c1-13(2)7-9-20-10-8-19(4)14(3)18(20)11-15-5-6-16(21)12-17(15)19;12-10(13)8-6-4-2-1-3-5-7-9-11(14)15/h5-7,12,14,18,21H,8-11H2,1-4H3;1-9H2,(H,12,13)(H,14,15). The Balaban J connectivity index is 0.000000271. The molecule has 6 heteroatoms. The molecule has 1 fully saturated rings. The molecule has 6 nitrogen and oxygen atoms in total. The number of benzene rings is 1. The molecule has 3 unspecified atom stereocenters. The molecule has 1 heterocycles. The van der Waals surface area contributed by atoms with Crippen LogP contribution in [-0.2, 0) is 21.4 Å². The number of aromatic hydroxyl groups is 1. The summed E-state index contributed by atoms with van der Waals surface area (Å²) < 4.78 is 0. The molecule has 3 N–H and O–H groups in total. The summed E-state index contributed by atoms with van der Waals surface area (Å²) in [4.78, 5) is 23.0. The zero-order valence-electron chi connectivity index (χ0n) is 22.8. The molecule has 1 aromatic carbocycles. The number of phenolic OH excluding ortho intramolecular Hbond substituents is 1. The number of carbonyl (C=O) groups is 2. The topological polar surface area (TPSA) is 98.1 Å². The molecule has 0 aromatic heterocycles. The Bertz CT molecular complexity index is 871. The van der Waals surface area contributed by atoms with Crippen molar-refractivity contribution in [2.75, 3.05) is 13.1 Å². The van der Waals surface area contributed by atoms with Crippen molar-refractivity contribution >= 4 is 11.9 Å². The Hall–Kier alpha value is -2.34. The molecule has 202 valence electrons. The molecule has 1 aliphatic carbocycles. The van der Waals surface area contributed by atoms with Crippen LogP contribution in [0.5, 0.6) is 5.75 Å². The average molecular weight is 502 g/mol. The lowest BCUT2D eigenvalue weighted by Gasteiger charge is -2.54. The maximum absolute atomic E-state index is 10.2. The third-order valence-corrected chi connectivity index (χ3v) is 8.12. The number of allylic oxidation sites excluding steroid dienone is 1. The number of hydrogen-bond acceptors (Lipinski definition) is 4. The maximum Gasteiger partial charge on any atom is 0.303 e. The van der Waals surface area contributed by atoms with Crippen molar-refractivity contribution in [3.8, 4) is 5.75 Å². The molecule has 0 spiro atoms. The molecule has 2 bridgehead atoms. The number of fused-ring (bicyclic) bond motifs is 4. The van der Waals surface area contributed by atoms with E-state index in [4.69, 9.17) is 10.2 Å². The van der Waals surface area contributed by atoms with Gasteiger partial charge in [-0.2, -0.15) is 0 Å². The Morgan fingerprint density at radius 2 is 1.56 bits per heavy atom. The predicted octanol–water partition coefficient (Wildman–Crippen LogP) is 6.55. The summed E-state index contributed by atoms with van der Waals surface area (Å²) in [6, 6.07) is 6.60. The third kappa shape index (κ3) is 8.95. The van der Waals surface area contributed by atoms with E-state index in [0.717, 1.165) is 64.5 Å². The molecule has 0 amide bonds. The van der Waals surface area contributed by atoms with Crippen LogP contribution in [0, 0.1) is 5.92 Å². The first-order valence-corrected chi connectivity index (χ1v) is 13.7. The van der Waals surface area contributed by atoms with Gasteiger partial charge in [0.1, 0.15) is 5.75 Å². The Kier molecular flexibility index (Phi) is 12.0. The first-order chi connectivity index (χ1) is 17.0. The zero-order chi connectivity index (χ0) is 26.7. The number of carboxylic acid groups (broad SMARTS) is 2. The molecule has 3 rings (SSSR count). The monoisotopic (exact) mass is 501 g/mol. The minimum Gasteiger partial charge on any atom is -0.508 e. The Morgan fingerprint density at radius 1 is 1.00 bits per heavy atom. The van der Waals surface area contributed by atoms with E-state index in [1.807, 2.05) is 12.1 Å². The van der Waals surface area contributed by atoms with E-state index in [2.05, 4.69) is 44.7 Å². The van der Waals surface area contributed by atoms with Crippen molar-refractivity contribution < 1.29 is 24.9 Å². The number of phenols is 1. The van der Waals surface area contributed by atoms with Crippen molar-refractivity contribution in [3.63, 3.8) is 0 Å². The number of likely N-dealkylation sites (tertiary alicyclic amines) is 1. The highest BCUT2D eigenvalue weighted by molar-refractivity contribution is 5.66. The number of unbranched alkanes of at least 4 members (excludes halogenated alkanes) is 6. The molecule has 1 aromatic rings. The van der Waals surface area contributed by atoms with Crippen LogP contribution in [0.15, 0.2) is 29.8 Å². The summed E-state index contributed by atoms with van der Waals surface area (Å²) in [7, 11) is 0. The van der Waals surface area contributed by atoms with E-state index in [1.54, 1.807) is 0 Å². The van der Waals surface area contributed by atoms with Crippen LogP contribution in [0.2, 0.25) is 0 Å². The van der Waals surface area contributed by atoms with Gasteiger partial charge < -0.3 is 15.3 Å². The van der Waals surface area contributed by atoms with Crippen LogP contribution in [0.1, 0.15) is 103 Å². The normalized spacial score (nSPS) is 22.7. The van der Waals surface area contributed by atoms with Crippen LogP contribution < -0.4 is 0 Å². The van der Waals surface area contributed by atoms with Crippen LogP contribution in [-0.4, -0.2) is 51.3 Å². The summed E-state index contributed by atoms with van der Waals surface area (Å²) in [5, 5.41) is 26.6. The van der Waals surface area contributed by atoms with Gasteiger partial charge in [0, 0.05) is 25.4 Å². The summed E-state index contributed by atoms with van der Waals surface area (Å²) in [5.74, 6) is -0.411. The molecule has 3 atom stereocenters. The largest absolute Gasteiger partial charge is 0.508 e. The molecule has 0 radical (unpaired) electrons. The van der Waals surface area contributed by atoms with E-state index >= 15 is 0 Å². The number of piperidine rings is 1. The molecule has 0 saturated carbocycles. The minimum atomic E-state index is -0.726. The molecular formula is C30H47NO5. The molecule has 36 heavy (non-hydrogen) atoms. The highest BCUT2D eigenvalue weighted by atomic mass is 16.4. The van der Waals surface area contributed by atoms with E-state index in [1.165, 1.54) is 23.1 Å². The average Bonchev–Trinajstić information content (AvgIpc) is 2.80. The quantitative estimate of drug-likeness (QED) is 0.222. The van der Waals surface area contributed by atoms with E-state index in [-0.39, 0.29) is 18.3 Å². The fraction of sp³-hybridized carbons (Fsp3) is 0.667. The molecule has 1 aliphatic heterocycles. The van der Waals surface area contributed by atoms with Gasteiger partial charge in [0.15, 0.2) is 0 Å². The number of nitrogens with zero attached hydrogens (tertiary/aromatic N) is 1. The maximum atomic E-state index is 10.2. The predicted molar refractivity (Wildman–Crippen MR) is 145 cm³/mol. The molecular weight excluding hydrogens is 454 g/mol. The molecule has 1 saturated heterocycles. The zero-order valence-corrected chi connectivity index (χ0v) is 22.8. The summed E-state index contributed by atoms with van der Waals surface area (Å²) in [6.45, 7) is 11.4. The van der Waals surface area contributed by atoms with Crippen molar-refractivity contribution in [2.45, 2.75) is 110 Å². The number of hydrogen-bond donors (Lipinski definition) is 3. The molecule has 2 aliphatic rings. The van der Waals surface area contributed by atoms with E-state index < -0.39 is 11.9 Å². The lowest BCUT2D eigenvalue weighted by Crippen LogP contribution is -2.57. The van der Waals surface area contributed by atoms with Crippen LogP contribution in [0.25, 0.3) is 0 Å². The van der Waals surface area contributed by atoms with E-state index in [0.29, 0.717) is 17.7 Å². The Morgan fingerprint density at radius 3 is 2.08 bits per heavy atom. The Labute approximate surface area is 217 Å². The van der Waals surface area contributed by atoms with Gasteiger partial charge in [-0.25, -0.2) is 0 Å². The van der Waals surface area contributed by atoms with Gasteiger partial charge in [-0.3, -0.25) is 14.5 Å². The number of rotatable bonds is 12. The van der Waals surface area contributed by atoms with Gasteiger partial charge in [-0.15, -0.1) is 0 Å². The van der Waals surface area contributed by atoms with Gasteiger partial charge >= 0.3 is 11.9 Å². The van der Waals surface area contributed by atoms with Crippen LogP contribution >= 0.6 is 0 Å². The van der Waals surface area contributed by atoms with Gasteiger partial charge in [0.25, 0.3) is 0 Å². The van der Waals surface area contributed by atoms with Gasteiger partial charge in [0.05, 0.1) is 0 Å². The van der Waals surface area contributed by atoms with Crippen molar-refractivity contribution in [3.05, 3.63) is 41.0 Å². The highest BCUT2D eigenvalue weighted by Crippen LogP contribution is 2.49. The third-order valence-electron chi connectivity index (χ3n) is 8.12. The summed E-state index contributed by atoms with van der Waals surface area (Å²) in [6.07, 6.45) is 11.8. The summed E-state index contributed by atoms with van der Waals surface area (Å²) in [5.41, 5.74) is 4.42. The number of carboxylic acids is 2. The van der Waals surface area contributed by atoms with Gasteiger partial charge in [0.2, 0.25) is 0 Å². The SMILES string of the molecule is CC(C)=CCN1CCC2(C)c3cc(O)ccc3CC1C2C.O=C(O)CCCCCCCCCC(=O)O. The van der Waals surface area contributed by atoms with Gasteiger partial charge in [-0.05, 0) is 80.7 Å². The van der Waals surface area contributed by atoms with Crippen molar-refractivity contribution in [1.82, 2.24) is 4.90 Å². The highest BCUT2D eigenvalue weighted by Gasteiger charge is 2.48. The fourth-order valence-corrected chi connectivity index (χ4v) is 5.66. The lowest BCUT2D eigenvalue weighted by molar-refractivity contribution is -0.138. The smallest absolute Gasteiger partial charge is 0.303 e.